The van der Waals surface area contributed by atoms with Gasteiger partial charge in [0.05, 0.1) is 11.1 Å². The third-order valence-electron chi connectivity index (χ3n) is 3.10. The van der Waals surface area contributed by atoms with Gasteiger partial charge >= 0.3 is 6.18 Å². The summed E-state index contributed by atoms with van der Waals surface area (Å²) < 4.78 is 38.2. The van der Waals surface area contributed by atoms with Crippen molar-refractivity contribution in [3.63, 3.8) is 0 Å². The number of carbonyl (C=O) groups is 1. The average Bonchev–Trinajstić information content (AvgIpc) is 2.42. The Morgan fingerprint density at radius 3 is 2.52 bits per heavy atom. The molecule has 0 aliphatic rings. The van der Waals surface area contributed by atoms with Gasteiger partial charge in [0, 0.05) is 11.4 Å². The summed E-state index contributed by atoms with van der Waals surface area (Å²) >= 11 is 0. The fraction of sp³-hybridized carbons (Fsp3) is 0.333. The molecule has 0 aliphatic carbocycles. The van der Waals surface area contributed by atoms with Crippen LogP contribution < -0.4 is 4.90 Å². The van der Waals surface area contributed by atoms with Crippen molar-refractivity contribution in [2.24, 2.45) is 0 Å². The predicted octanol–water partition coefficient (Wildman–Crippen LogP) is 3.82. The molecule has 0 aliphatic heterocycles. The second kappa shape index (κ2) is 5.71. The number of rotatable bonds is 4. The SMILES string of the molecule is CC(C)N(CC(F)(F)F)c1nc2ccccc2cc1C=O. The third-order valence-corrected chi connectivity index (χ3v) is 3.10. The number of hydrogen-bond acceptors (Lipinski definition) is 3. The lowest BCUT2D eigenvalue weighted by Gasteiger charge is -2.29. The molecule has 0 fully saturated rings. The van der Waals surface area contributed by atoms with Crippen molar-refractivity contribution in [3.8, 4) is 0 Å². The second-order valence-corrected chi connectivity index (χ2v) is 5.05. The number of carbonyl (C=O) groups excluding carboxylic acids is 1. The monoisotopic (exact) mass is 296 g/mol. The van der Waals surface area contributed by atoms with E-state index >= 15 is 0 Å². The number of benzene rings is 1. The van der Waals surface area contributed by atoms with Crippen LogP contribution in [-0.4, -0.2) is 30.0 Å². The second-order valence-electron chi connectivity index (χ2n) is 5.05. The molecule has 0 unspecified atom stereocenters. The number of fused-ring (bicyclic) bond motifs is 1. The zero-order chi connectivity index (χ0) is 15.6. The van der Waals surface area contributed by atoms with E-state index in [0.29, 0.717) is 11.8 Å². The minimum absolute atomic E-state index is 0.0658. The third kappa shape index (κ3) is 3.51. The van der Waals surface area contributed by atoms with Gasteiger partial charge in [-0.3, -0.25) is 4.79 Å². The fourth-order valence-electron chi connectivity index (χ4n) is 2.13. The first-order valence-electron chi connectivity index (χ1n) is 6.50. The largest absolute Gasteiger partial charge is 0.405 e. The Hall–Kier alpha value is -2.11. The number of halogens is 3. The number of nitrogens with zero attached hydrogens (tertiary/aromatic N) is 2. The van der Waals surface area contributed by atoms with Crippen LogP contribution in [-0.2, 0) is 0 Å². The van der Waals surface area contributed by atoms with Crippen LogP contribution in [0.4, 0.5) is 19.0 Å². The molecule has 1 aromatic heterocycles. The molecule has 3 nitrogen and oxygen atoms in total. The summed E-state index contributed by atoms with van der Waals surface area (Å²) in [7, 11) is 0. The molecule has 112 valence electrons. The molecule has 0 spiro atoms. The van der Waals surface area contributed by atoms with Crippen molar-refractivity contribution >= 4 is 23.0 Å². The lowest BCUT2D eigenvalue weighted by Crippen LogP contribution is -2.40. The summed E-state index contributed by atoms with van der Waals surface area (Å²) in [5.41, 5.74) is 0.720. The van der Waals surface area contributed by atoms with Crippen LogP contribution in [0, 0.1) is 0 Å². The van der Waals surface area contributed by atoms with Crippen LogP contribution in [0.1, 0.15) is 24.2 Å². The standard InChI is InChI=1S/C15H15F3N2O/c1-10(2)20(9-15(16,17)18)14-12(8-21)7-11-5-3-4-6-13(11)19-14/h3-8,10H,9H2,1-2H3. The van der Waals surface area contributed by atoms with E-state index in [1.165, 1.54) is 0 Å². The molecule has 6 heteroatoms. The Morgan fingerprint density at radius 2 is 1.95 bits per heavy atom. The van der Waals surface area contributed by atoms with Crippen LogP contribution in [0.15, 0.2) is 30.3 Å². The van der Waals surface area contributed by atoms with E-state index in [4.69, 9.17) is 0 Å². The van der Waals surface area contributed by atoms with E-state index in [2.05, 4.69) is 4.98 Å². The number of aromatic nitrogens is 1. The lowest BCUT2D eigenvalue weighted by molar-refractivity contribution is -0.120. The van der Waals surface area contributed by atoms with Crippen molar-refractivity contribution in [1.29, 1.82) is 0 Å². The molecule has 0 atom stereocenters. The van der Waals surface area contributed by atoms with E-state index < -0.39 is 18.8 Å². The maximum Gasteiger partial charge on any atom is 0.405 e. The summed E-state index contributed by atoms with van der Waals surface area (Å²) in [4.78, 5) is 16.6. The Labute approximate surface area is 120 Å². The highest BCUT2D eigenvalue weighted by Crippen LogP contribution is 2.27. The zero-order valence-electron chi connectivity index (χ0n) is 11.7. The first kappa shape index (κ1) is 15.3. The van der Waals surface area contributed by atoms with Gasteiger partial charge in [-0.25, -0.2) is 4.98 Å². The van der Waals surface area contributed by atoms with Crippen molar-refractivity contribution in [2.75, 3.05) is 11.4 Å². The van der Waals surface area contributed by atoms with Gasteiger partial charge in [-0.15, -0.1) is 0 Å². The first-order valence-corrected chi connectivity index (χ1v) is 6.50. The predicted molar refractivity (Wildman–Crippen MR) is 75.7 cm³/mol. The molecule has 1 heterocycles. The summed E-state index contributed by atoms with van der Waals surface area (Å²) in [5, 5.41) is 0.721. The average molecular weight is 296 g/mol. The Morgan fingerprint density at radius 1 is 1.29 bits per heavy atom. The van der Waals surface area contributed by atoms with E-state index in [1.54, 1.807) is 44.2 Å². The van der Waals surface area contributed by atoms with Gasteiger partial charge in [-0.2, -0.15) is 13.2 Å². The smallest absolute Gasteiger partial charge is 0.344 e. The van der Waals surface area contributed by atoms with Crippen LogP contribution in [0.5, 0.6) is 0 Å². The Bertz CT molecular complexity index is 653. The van der Waals surface area contributed by atoms with Gasteiger partial charge in [0.2, 0.25) is 0 Å². The number of alkyl halides is 3. The van der Waals surface area contributed by atoms with Gasteiger partial charge in [-0.05, 0) is 26.0 Å². The number of anilines is 1. The lowest BCUT2D eigenvalue weighted by atomic mass is 10.1. The molecule has 0 radical (unpaired) electrons. The summed E-state index contributed by atoms with van der Waals surface area (Å²) in [5.74, 6) is 0.0658. The molecule has 21 heavy (non-hydrogen) atoms. The summed E-state index contributed by atoms with van der Waals surface area (Å²) in [6, 6.07) is 8.15. The Balaban J connectivity index is 2.57. The summed E-state index contributed by atoms with van der Waals surface area (Å²) in [6.45, 7) is 2.13. The van der Waals surface area contributed by atoms with Gasteiger partial charge < -0.3 is 4.90 Å². The number of pyridine rings is 1. The van der Waals surface area contributed by atoms with Gasteiger partial charge in [0.25, 0.3) is 0 Å². The first-order chi connectivity index (χ1) is 9.81. The summed E-state index contributed by atoms with van der Waals surface area (Å²) in [6.07, 6.45) is -3.82. The molecule has 0 saturated carbocycles. The molecule has 0 saturated heterocycles. The van der Waals surface area contributed by atoms with Gasteiger partial charge in [0.1, 0.15) is 12.4 Å². The van der Waals surface area contributed by atoms with Crippen LogP contribution >= 0.6 is 0 Å². The highest BCUT2D eigenvalue weighted by Gasteiger charge is 2.33. The number of aldehydes is 1. The van der Waals surface area contributed by atoms with Crippen LogP contribution in [0.2, 0.25) is 0 Å². The van der Waals surface area contributed by atoms with E-state index in [9.17, 15) is 18.0 Å². The molecule has 0 amide bonds. The fourth-order valence-corrected chi connectivity index (χ4v) is 2.13. The highest BCUT2D eigenvalue weighted by molar-refractivity contribution is 5.91. The van der Waals surface area contributed by atoms with Crippen LogP contribution in [0.25, 0.3) is 10.9 Å². The highest BCUT2D eigenvalue weighted by atomic mass is 19.4. The van der Waals surface area contributed by atoms with Crippen molar-refractivity contribution in [3.05, 3.63) is 35.9 Å². The normalized spacial score (nSPS) is 11.9. The molecular formula is C15H15F3N2O. The molecule has 1 aromatic carbocycles. The minimum Gasteiger partial charge on any atom is -0.344 e. The van der Waals surface area contributed by atoms with Crippen LogP contribution in [0.3, 0.4) is 0 Å². The molecule has 0 bridgehead atoms. The maximum atomic E-state index is 12.7. The molecule has 2 aromatic rings. The molecular weight excluding hydrogens is 281 g/mol. The van der Waals surface area contributed by atoms with Crippen molar-refractivity contribution in [1.82, 2.24) is 4.98 Å². The van der Waals surface area contributed by atoms with E-state index in [-0.39, 0.29) is 11.4 Å². The van der Waals surface area contributed by atoms with Gasteiger partial charge in [0.15, 0.2) is 6.29 Å². The number of hydrogen-bond donors (Lipinski definition) is 0. The topological polar surface area (TPSA) is 33.2 Å². The van der Waals surface area contributed by atoms with E-state index in [0.717, 1.165) is 10.3 Å². The molecule has 2 rings (SSSR count). The minimum atomic E-state index is -4.36. The maximum absolute atomic E-state index is 12.7. The van der Waals surface area contributed by atoms with Crippen molar-refractivity contribution in [2.45, 2.75) is 26.1 Å². The Kier molecular flexibility index (Phi) is 4.16. The molecule has 0 N–H and O–H groups in total. The van der Waals surface area contributed by atoms with Crippen molar-refractivity contribution < 1.29 is 18.0 Å². The van der Waals surface area contributed by atoms with Gasteiger partial charge in [-0.1, -0.05) is 18.2 Å². The quantitative estimate of drug-likeness (QED) is 0.804. The number of para-hydroxylation sites is 1. The zero-order valence-corrected chi connectivity index (χ0v) is 11.7. The van der Waals surface area contributed by atoms with E-state index in [1.807, 2.05) is 0 Å².